The summed E-state index contributed by atoms with van der Waals surface area (Å²) >= 11 is 0. The van der Waals surface area contributed by atoms with E-state index in [9.17, 15) is 13.5 Å². The van der Waals surface area contributed by atoms with E-state index in [1.807, 2.05) is 0 Å². The second-order valence-corrected chi connectivity index (χ2v) is 5.39. The fourth-order valence-corrected chi connectivity index (χ4v) is 1.84. The second-order valence-electron chi connectivity index (χ2n) is 3.39. The average molecular weight is 240 g/mol. The predicted molar refractivity (Wildman–Crippen MR) is 60.5 cm³/mol. The molecule has 0 saturated heterocycles. The highest BCUT2D eigenvalue weighted by molar-refractivity contribution is 7.93. The van der Waals surface area contributed by atoms with Gasteiger partial charge in [0.1, 0.15) is 5.75 Å². The summed E-state index contributed by atoms with van der Waals surface area (Å²) in [4.78, 5) is 0. The van der Waals surface area contributed by atoms with Crippen molar-refractivity contribution in [1.29, 1.82) is 5.26 Å². The Morgan fingerprint density at radius 2 is 2.12 bits per heavy atom. The van der Waals surface area contributed by atoms with Crippen LogP contribution in [0.5, 0.6) is 5.75 Å². The normalized spacial score (nSPS) is 12.8. The van der Waals surface area contributed by atoms with Crippen LogP contribution < -0.4 is 4.72 Å². The number of anilines is 1. The molecule has 1 atom stereocenters. The quantitative estimate of drug-likeness (QED) is 0.780. The Kier molecular flexibility index (Phi) is 3.40. The fraction of sp³-hybridized carbons (Fsp3) is 0.300. The van der Waals surface area contributed by atoms with Gasteiger partial charge in [-0.1, -0.05) is 12.1 Å². The first-order valence-corrected chi connectivity index (χ1v) is 6.13. The van der Waals surface area contributed by atoms with Crippen LogP contribution in [0.2, 0.25) is 0 Å². The molecule has 5 nitrogen and oxygen atoms in total. The van der Waals surface area contributed by atoms with Gasteiger partial charge in [0.15, 0.2) is 5.25 Å². The SMILES string of the molecule is Cc1cccc(NS(=O)(=O)C(C)C#N)c1O. The molecule has 0 aromatic heterocycles. The van der Waals surface area contributed by atoms with E-state index >= 15 is 0 Å². The van der Waals surface area contributed by atoms with Crippen LogP contribution in [0.4, 0.5) is 5.69 Å². The average Bonchev–Trinajstić information content (AvgIpc) is 2.23. The molecule has 0 heterocycles. The lowest BCUT2D eigenvalue weighted by Gasteiger charge is -2.11. The van der Waals surface area contributed by atoms with Gasteiger partial charge in [0, 0.05) is 0 Å². The summed E-state index contributed by atoms with van der Waals surface area (Å²) in [7, 11) is -3.77. The topological polar surface area (TPSA) is 90.2 Å². The number of nitriles is 1. The largest absolute Gasteiger partial charge is 0.505 e. The summed E-state index contributed by atoms with van der Waals surface area (Å²) in [6.45, 7) is 2.93. The Bertz CT molecular complexity index is 531. The number of benzene rings is 1. The van der Waals surface area contributed by atoms with Crippen molar-refractivity contribution in [3.63, 3.8) is 0 Å². The molecule has 0 saturated carbocycles. The van der Waals surface area contributed by atoms with E-state index in [4.69, 9.17) is 5.26 Å². The van der Waals surface area contributed by atoms with E-state index in [-0.39, 0.29) is 11.4 Å². The maximum atomic E-state index is 11.5. The molecule has 16 heavy (non-hydrogen) atoms. The lowest BCUT2D eigenvalue weighted by Crippen LogP contribution is -2.23. The first-order valence-electron chi connectivity index (χ1n) is 4.58. The van der Waals surface area contributed by atoms with Crippen LogP contribution >= 0.6 is 0 Å². The van der Waals surface area contributed by atoms with E-state index < -0.39 is 15.3 Å². The molecule has 6 heteroatoms. The summed E-state index contributed by atoms with van der Waals surface area (Å²) in [6, 6.07) is 6.33. The molecule has 2 N–H and O–H groups in total. The maximum absolute atomic E-state index is 11.5. The molecule has 0 amide bonds. The molecule has 0 bridgehead atoms. The van der Waals surface area contributed by atoms with Crippen LogP contribution in [-0.4, -0.2) is 18.8 Å². The third kappa shape index (κ3) is 2.44. The monoisotopic (exact) mass is 240 g/mol. The van der Waals surface area contributed by atoms with E-state index in [1.54, 1.807) is 25.1 Å². The Balaban J connectivity index is 3.08. The van der Waals surface area contributed by atoms with Gasteiger partial charge >= 0.3 is 0 Å². The zero-order valence-corrected chi connectivity index (χ0v) is 9.75. The van der Waals surface area contributed by atoms with Gasteiger partial charge in [0.2, 0.25) is 10.0 Å². The van der Waals surface area contributed by atoms with Gasteiger partial charge in [-0.15, -0.1) is 0 Å². The number of hydrogen-bond donors (Lipinski definition) is 2. The number of aromatic hydroxyl groups is 1. The molecule has 86 valence electrons. The fourth-order valence-electron chi connectivity index (χ4n) is 1.05. The van der Waals surface area contributed by atoms with Gasteiger partial charge in [0.25, 0.3) is 0 Å². The van der Waals surface area contributed by atoms with Gasteiger partial charge in [-0.3, -0.25) is 4.72 Å². The number of phenols is 1. The van der Waals surface area contributed by atoms with Crippen LogP contribution in [0.25, 0.3) is 0 Å². The van der Waals surface area contributed by atoms with Crippen LogP contribution in [0, 0.1) is 18.3 Å². The zero-order valence-electron chi connectivity index (χ0n) is 8.93. The number of rotatable bonds is 3. The molecule has 1 rings (SSSR count). The van der Waals surface area contributed by atoms with Crippen molar-refractivity contribution >= 4 is 15.7 Å². The molecule has 0 aliphatic carbocycles. The van der Waals surface area contributed by atoms with Crippen LogP contribution in [-0.2, 0) is 10.0 Å². The Morgan fingerprint density at radius 3 is 2.69 bits per heavy atom. The standard InChI is InChI=1S/C10H12N2O3S/c1-7-4-3-5-9(10(7)13)12-16(14,15)8(2)6-11/h3-5,8,12-13H,1-2H3. The summed E-state index contributed by atoms with van der Waals surface area (Å²) < 4.78 is 25.3. The number of sulfonamides is 1. The van der Waals surface area contributed by atoms with Crippen molar-refractivity contribution in [1.82, 2.24) is 0 Å². The van der Waals surface area contributed by atoms with Gasteiger partial charge in [-0.05, 0) is 25.5 Å². The van der Waals surface area contributed by atoms with Crippen LogP contribution in [0.1, 0.15) is 12.5 Å². The number of aryl methyl sites for hydroxylation is 1. The van der Waals surface area contributed by atoms with Crippen molar-refractivity contribution in [2.75, 3.05) is 4.72 Å². The van der Waals surface area contributed by atoms with Crippen LogP contribution in [0.15, 0.2) is 18.2 Å². The predicted octanol–water partition coefficient (Wildman–Crippen LogP) is 1.35. The van der Waals surface area contributed by atoms with Crippen molar-refractivity contribution in [2.24, 2.45) is 0 Å². The molecule has 0 aliphatic heterocycles. The highest BCUT2D eigenvalue weighted by Crippen LogP contribution is 2.27. The van der Waals surface area contributed by atoms with Crippen molar-refractivity contribution in [2.45, 2.75) is 19.1 Å². The van der Waals surface area contributed by atoms with E-state index in [0.29, 0.717) is 5.56 Å². The lowest BCUT2D eigenvalue weighted by molar-refractivity contribution is 0.473. The summed E-state index contributed by atoms with van der Waals surface area (Å²) in [5.41, 5.74) is 0.645. The van der Waals surface area contributed by atoms with Gasteiger partial charge in [0.05, 0.1) is 11.8 Å². The van der Waals surface area contributed by atoms with Crippen LogP contribution in [0.3, 0.4) is 0 Å². The van der Waals surface area contributed by atoms with Crippen molar-refractivity contribution in [3.8, 4) is 11.8 Å². The third-order valence-electron chi connectivity index (χ3n) is 2.14. The summed E-state index contributed by atoms with van der Waals surface area (Å²) in [5, 5.41) is 17.0. The molecule has 1 unspecified atom stereocenters. The minimum Gasteiger partial charge on any atom is -0.505 e. The lowest BCUT2D eigenvalue weighted by atomic mass is 10.2. The Labute approximate surface area is 94.4 Å². The first-order chi connectivity index (χ1) is 7.38. The molecule has 1 aromatic carbocycles. The highest BCUT2D eigenvalue weighted by Gasteiger charge is 2.21. The van der Waals surface area contributed by atoms with Crippen molar-refractivity contribution in [3.05, 3.63) is 23.8 Å². The minimum atomic E-state index is -3.77. The molecular formula is C10H12N2O3S. The van der Waals surface area contributed by atoms with E-state index in [2.05, 4.69) is 4.72 Å². The summed E-state index contributed by atoms with van der Waals surface area (Å²) in [5.74, 6) is -0.129. The van der Waals surface area contributed by atoms with Crippen molar-refractivity contribution < 1.29 is 13.5 Å². The number of nitrogens with one attached hydrogen (secondary N) is 1. The highest BCUT2D eigenvalue weighted by atomic mass is 32.2. The molecule has 0 aliphatic rings. The zero-order chi connectivity index (χ0) is 12.3. The number of hydrogen-bond acceptors (Lipinski definition) is 4. The smallest absolute Gasteiger partial charge is 0.248 e. The van der Waals surface area contributed by atoms with Gasteiger partial charge < -0.3 is 5.11 Å². The first kappa shape index (κ1) is 12.3. The Hall–Kier alpha value is -1.74. The number of para-hydroxylation sites is 1. The number of nitrogens with zero attached hydrogens (tertiary/aromatic N) is 1. The molecular weight excluding hydrogens is 228 g/mol. The molecule has 1 aromatic rings. The third-order valence-corrected chi connectivity index (χ3v) is 3.68. The van der Waals surface area contributed by atoms with Gasteiger partial charge in [-0.25, -0.2) is 8.42 Å². The summed E-state index contributed by atoms with van der Waals surface area (Å²) in [6.07, 6.45) is 0. The molecule has 0 spiro atoms. The minimum absolute atomic E-state index is 0.0853. The molecule has 0 fully saturated rings. The maximum Gasteiger partial charge on any atom is 0.248 e. The number of phenolic OH excluding ortho intramolecular Hbond substituents is 1. The van der Waals surface area contributed by atoms with Gasteiger partial charge in [-0.2, -0.15) is 5.26 Å². The molecule has 0 radical (unpaired) electrons. The van der Waals surface area contributed by atoms with E-state index in [1.165, 1.54) is 13.0 Å². The Morgan fingerprint density at radius 1 is 1.50 bits per heavy atom. The van der Waals surface area contributed by atoms with E-state index in [0.717, 1.165) is 0 Å². The second kappa shape index (κ2) is 4.41.